The standard InChI is InChI=1S/C14H16O2/c1-4-10-7-12-8-11(9(2)3)5-6-13(12)16-14(10)15/h5-9H,4H2,1-3H3. The Bertz CT molecular complexity index is 564. The molecule has 2 rings (SSSR count). The highest BCUT2D eigenvalue weighted by Crippen LogP contribution is 2.21. The molecule has 0 atom stereocenters. The highest BCUT2D eigenvalue weighted by molar-refractivity contribution is 5.77. The van der Waals surface area contributed by atoms with E-state index in [0.717, 1.165) is 10.9 Å². The minimum absolute atomic E-state index is 0.215. The first-order valence-corrected chi connectivity index (χ1v) is 5.68. The molecule has 0 amide bonds. The van der Waals surface area contributed by atoms with E-state index < -0.39 is 0 Å². The minimum Gasteiger partial charge on any atom is -0.423 e. The van der Waals surface area contributed by atoms with E-state index in [1.807, 2.05) is 25.1 Å². The summed E-state index contributed by atoms with van der Waals surface area (Å²) in [5, 5.41) is 1.02. The van der Waals surface area contributed by atoms with Crippen LogP contribution in [0.1, 0.15) is 37.8 Å². The van der Waals surface area contributed by atoms with Crippen LogP contribution < -0.4 is 5.63 Å². The van der Waals surface area contributed by atoms with Crippen molar-refractivity contribution >= 4 is 11.0 Å². The number of fused-ring (bicyclic) bond motifs is 1. The second-order valence-electron chi connectivity index (χ2n) is 4.36. The van der Waals surface area contributed by atoms with E-state index in [2.05, 4.69) is 19.9 Å². The van der Waals surface area contributed by atoms with Crippen LogP contribution in [0.5, 0.6) is 0 Å². The van der Waals surface area contributed by atoms with Gasteiger partial charge in [-0.2, -0.15) is 0 Å². The molecule has 0 aliphatic carbocycles. The average molecular weight is 216 g/mol. The fraction of sp³-hybridized carbons (Fsp3) is 0.357. The Labute approximate surface area is 94.9 Å². The van der Waals surface area contributed by atoms with E-state index in [9.17, 15) is 4.79 Å². The lowest BCUT2D eigenvalue weighted by molar-refractivity contribution is 0.551. The topological polar surface area (TPSA) is 30.2 Å². The molecule has 0 aliphatic heterocycles. The van der Waals surface area contributed by atoms with Crippen molar-refractivity contribution in [3.05, 3.63) is 45.8 Å². The lowest BCUT2D eigenvalue weighted by atomic mass is 10.0. The Morgan fingerprint density at radius 2 is 2.00 bits per heavy atom. The van der Waals surface area contributed by atoms with E-state index in [1.54, 1.807) is 0 Å². The second kappa shape index (κ2) is 4.12. The van der Waals surface area contributed by atoms with Gasteiger partial charge < -0.3 is 4.42 Å². The van der Waals surface area contributed by atoms with Gasteiger partial charge in [-0.1, -0.05) is 26.8 Å². The van der Waals surface area contributed by atoms with Crippen LogP contribution in [0.3, 0.4) is 0 Å². The van der Waals surface area contributed by atoms with Crippen LogP contribution in [0.25, 0.3) is 11.0 Å². The first-order valence-electron chi connectivity index (χ1n) is 5.68. The van der Waals surface area contributed by atoms with Gasteiger partial charge in [0.25, 0.3) is 0 Å². The summed E-state index contributed by atoms with van der Waals surface area (Å²) in [7, 11) is 0. The Hall–Kier alpha value is -1.57. The Morgan fingerprint density at radius 3 is 2.62 bits per heavy atom. The van der Waals surface area contributed by atoms with Crippen LogP contribution >= 0.6 is 0 Å². The summed E-state index contributed by atoms with van der Waals surface area (Å²) in [5.74, 6) is 0.487. The molecular weight excluding hydrogens is 200 g/mol. The molecule has 0 fully saturated rings. The van der Waals surface area contributed by atoms with E-state index in [4.69, 9.17) is 4.42 Å². The normalized spacial score (nSPS) is 11.2. The summed E-state index contributed by atoms with van der Waals surface area (Å²) in [4.78, 5) is 11.5. The van der Waals surface area contributed by atoms with Gasteiger partial charge in [-0.15, -0.1) is 0 Å². The van der Waals surface area contributed by atoms with Crippen LogP contribution in [0.15, 0.2) is 33.5 Å². The smallest absolute Gasteiger partial charge is 0.339 e. The Morgan fingerprint density at radius 1 is 1.25 bits per heavy atom. The number of hydrogen-bond acceptors (Lipinski definition) is 2. The van der Waals surface area contributed by atoms with Gasteiger partial charge in [-0.05, 0) is 36.1 Å². The molecule has 2 nitrogen and oxygen atoms in total. The van der Waals surface area contributed by atoms with Gasteiger partial charge in [0.2, 0.25) is 0 Å². The molecule has 0 N–H and O–H groups in total. The minimum atomic E-state index is -0.215. The molecule has 0 bridgehead atoms. The Balaban J connectivity index is 2.68. The first-order chi connectivity index (χ1) is 7.61. The van der Waals surface area contributed by atoms with Crippen LogP contribution in [0.4, 0.5) is 0 Å². The van der Waals surface area contributed by atoms with Gasteiger partial charge in [0, 0.05) is 10.9 Å². The molecule has 2 heteroatoms. The molecule has 2 aromatic rings. The van der Waals surface area contributed by atoms with E-state index in [1.165, 1.54) is 5.56 Å². The third kappa shape index (κ3) is 1.87. The van der Waals surface area contributed by atoms with Crippen LogP contribution in [0.2, 0.25) is 0 Å². The second-order valence-corrected chi connectivity index (χ2v) is 4.36. The van der Waals surface area contributed by atoms with E-state index in [-0.39, 0.29) is 5.63 Å². The summed E-state index contributed by atoms with van der Waals surface area (Å²) in [6.45, 7) is 6.27. The highest BCUT2D eigenvalue weighted by Gasteiger charge is 2.05. The van der Waals surface area contributed by atoms with E-state index in [0.29, 0.717) is 17.9 Å². The first kappa shape index (κ1) is 10.9. The third-order valence-electron chi connectivity index (χ3n) is 2.88. The van der Waals surface area contributed by atoms with Crippen molar-refractivity contribution in [3.8, 4) is 0 Å². The maximum absolute atomic E-state index is 11.5. The Kier molecular flexibility index (Phi) is 2.82. The lowest BCUT2D eigenvalue weighted by Gasteiger charge is -2.06. The van der Waals surface area contributed by atoms with Crippen molar-refractivity contribution in [2.24, 2.45) is 0 Å². The molecule has 0 spiro atoms. The van der Waals surface area contributed by atoms with Gasteiger partial charge in [0.15, 0.2) is 0 Å². The highest BCUT2D eigenvalue weighted by atomic mass is 16.4. The van der Waals surface area contributed by atoms with Gasteiger partial charge >= 0.3 is 5.63 Å². The molecule has 0 radical (unpaired) electrons. The third-order valence-corrected chi connectivity index (χ3v) is 2.88. The zero-order valence-electron chi connectivity index (χ0n) is 9.91. The summed E-state index contributed by atoms with van der Waals surface area (Å²) in [6.07, 6.45) is 0.712. The average Bonchev–Trinajstić information content (AvgIpc) is 2.27. The molecule has 1 heterocycles. The predicted molar refractivity (Wildman–Crippen MR) is 66.0 cm³/mol. The van der Waals surface area contributed by atoms with Crippen molar-refractivity contribution < 1.29 is 4.42 Å². The van der Waals surface area contributed by atoms with Crippen LogP contribution in [-0.2, 0) is 6.42 Å². The van der Waals surface area contributed by atoms with Gasteiger partial charge in [0.1, 0.15) is 5.58 Å². The fourth-order valence-electron chi connectivity index (χ4n) is 1.79. The summed E-state index contributed by atoms with van der Waals surface area (Å²) < 4.78 is 5.26. The summed E-state index contributed by atoms with van der Waals surface area (Å²) >= 11 is 0. The fourth-order valence-corrected chi connectivity index (χ4v) is 1.79. The zero-order valence-corrected chi connectivity index (χ0v) is 9.91. The van der Waals surface area contributed by atoms with Crippen molar-refractivity contribution in [2.75, 3.05) is 0 Å². The monoisotopic (exact) mass is 216 g/mol. The molecule has 0 saturated heterocycles. The maximum Gasteiger partial charge on any atom is 0.339 e. The number of benzene rings is 1. The number of hydrogen-bond donors (Lipinski definition) is 0. The maximum atomic E-state index is 11.5. The molecule has 0 unspecified atom stereocenters. The molecular formula is C14H16O2. The zero-order chi connectivity index (χ0) is 11.7. The molecule has 0 saturated carbocycles. The van der Waals surface area contributed by atoms with Crippen LogP contribution in [-0.4, -0.2) is 0 Å². The van der Waals surface area contributed by atoms with Crippen LogP contribution in [0, 0.1) is 0 Å². The van der Waals surface area contributed by atoms with Crippen molar-refractivity contribution in [3.63, 3.8) is 0 Å². The quantitative estimate of drug-likeness (QED) is 0.719. The molecule has 1 aromatic carbocycles. The van der Waals surface area contributed by atoms with Crippen molar-refractivity contribution in [2.45, 2.75) is 33.1 Å². The van der Waals surface area contributed by atoms with Gasteiger partial charge in [-0.25, -0.2) is 4.79 Å². The van der Waals surface area contributed by atoms with Gasteiger partial charge in [0.05, 0.1) is 0 Å². The lowest BCUT2D eigenvalue weighted by Crippen LogP contribution is -2.05. The molecule has 1 aromatic heterocycles. The van der Waals surface area contributed by atoms with Crippen molar-refractivity contribution in [1.29, 1.82) is 0 Å². The van der Waals surface area contributed by atoms with E-state index >= 15 is 0 Å². The molecule has 16 heavy (non-hydrogen) atoms. The summed E-state index contributed by atoms with van der Waals surface area (Å²) in [5.41, 5.74) is 2.47. The van der Waals surface area contributed by atoms with Crippen molar-refractivity contribution in [1.82, 2.24) is 0 Å². The molecule has 0 aliphatic rings. The predicted octanol–water partition coefficient (Wildman–Crippen LogP) is 3.48. The van der Waals surface area contributed by atoms with Gasteiger partial charge in [-0.3, -0.25) is 0 Å². The summed E-state index contributed by atoms with van der Waals surface area (Å²) in [6, 6.07) is 7.93. The number of rotatable bonds is 2. The SMILES string of the molecule is CCc1cc2cc(C(C)C)ccc2oc1=O. The molecule has 84 valence electrons. The largest absolute Gasteiger partial charge is 0.423 e. The number of aryl methyl sites for hydroxylation is 1.